The number of carbonyl (C=O) groups is 2. The molecule has 0 unspecified atom stereocenters. The fraction of sp³-hybridized carbons (Fsp3) is 0.176. The Morgan fingerprint density at radius 2 is 1.67 bits per heavy atom. The second-order valence-corrected chi connectivity index (χ2v) is 4.88. The summed E-state index contributed by atoms with van der Waals surface area (Å²) in [6, 6.07) is 16.4. The van der Waals surface area contributed by atoms with Crippen LogP contribution in [0.4, 0.5) is 5.69 Å². The maximum atomic E-state index is 11.5. The molecule has 4 nitrogen and oxygen atoms in total. The van der Waals surface area contributed by atoms with Crippen molar-refractivity contribution in [3.63, 3.8) is 0 Å². The molecule has 0 bridgehead atoms. The van der Waals surface area contributed by atoms with Gasteiger partial charge in [0.25, 0.3) is 0 Å². The van der Waals surface area contributed by atoms with Crippen LogP contribution >= 0.6 is 0 Å². The summed E-state index contributed by atoms with van der Waals surface area (Å²) in [5.41, 5.74) is 2.41. The van der Waals surface area contributed by atoms with Crippen LogP contribution in [-0.2, 0) is 16.0 Å². The van der Waals surface area contributed by atoms with Crippen LogP contribution in [0.15, 0.2) is 54.6 Å². The number of aliphatic carboxylic acids is 1. The van der Waals surface area contributed by atoms with Crippen molar-refractivity contribution in [2.75, 3.05) is 5.32 Å². The summed E-state index contributed by atoms with van der Waals surface area (Å²) in [7, 11) is 0. The van der Waals surface area contributed by atoms with Crippen LogP contribution in [0.2, 0.25) is 0 Å². The Balaban J connectivity index is 2.14. The zero-order valence-corrected chi connectivity index (χ0v) is 11.7. The maximum Gasteiger partial charge on any atom is 0.311 e. The molecule has 1 atom stereocenters. The number of carbonyl (C=O) groups excluding carboxylic acids is 1. The van der Waals surface area contributed by atoms with Gasteiger partial charge < -0.3 is 10.4 Å². The Bertz CT molecular complexity index is 620. The third-order valence-electron chi connectivity index (χ3n) is 3.21. The molecule has 2 aromatic rings. The Morgan fingerprint density at radius 1 is 1.05 bits per heavy atom. The molecule has 108 valence electrons. The lowest BCUT2D eigenvalue weighted by molar-refractivity contribution is -0.138. The van der Waals surface area contributed by atoms with Gasteiger partial charge in [0.15, 0.2) is 0 Å². The molecule has 0 fully saturated rings. The molecule has 0 aliphatic heterocycles. The minimum Gasteiger partial charge on any atom is -0.481 e. The molecule has 0 heterocycles. The molecule has 4 heteroatoms. The van der Waals surface area contributed by atoms with Crippen molar-refractivity contribution in [3.8, 4) is 0 Å². The van der Waals surface area contributed by atoms with Gasteiger partial charge in [-0.2, -0.15) is 0 Å². The monoisotopic (exact) mass is 283 g/mol. The summed E-state index contributed by atoms with van der Waals surface area (Å²) < 4.78 is 0. The number of rotatable bonds is 5. The highest BCUT2D eigenvalue weighted by Gasteiger charge is 2.19. The van der Waals surface area contributed by atoms with Crippen molar-refractivity contribution in [2.24, 2.45) is 0 Å². The summed E-state index contributed by atoms with van der Waals surface area (Å²) in [5.74, 6) is -1.54. The molecule has 0 spiro atoms. The number of nitrogens with one attached hydrogen (secondary N) is 1. The van der Waals surface area contributed by atoms with Crippen LogP contribution in [0.25, 0.3) is 0 Å². The first-order valence-corrected chi connectivity index (χ1v) is 6.70. The van der Waals surface area contributed by atoms with Crippen molar-refractivity contribution in [1.29, 1.82) is 0 Å². The highest BCUT2D eigenvalue weighted by atomic mass is 16.4. The van der Waals surface area contributed by atoms with Gasteiger partial charge in [0.05, 0.1) is 5.92 Å². The van der Waals surface area contributed by atoms with Crippen molar-refractivity contribution >= 4 is 17.6 Å². The normalized spacial score (nSPS) is 11.7. The molecule has 21 heavy (non-hydrogen) atoms. The van der Waals surface area contributed by atoms with Gasteiger partial charge in [-0.3, -0.25) is 9.59 Å². The molecular formula is C17H17NO3. The zero-order chi connectivity index (χ0) is 15.2. The summed E-state index contributed by atoms with van der Waals surface area (Å²) >= 11 is 0. The van der Waals surface area contributed by atoms with Gasteiger partial charge in [-0.25, -0.2) is 0 Å². The van der Waals surface area contributed by atoms with Gasteiger partial charge in [0.1, 0.15) is 0 Å². The molecule has 1 amide bonds. The van der Waals surface area contributed by atoms with Gasteiger partial charge in [-0.1, -0.05) is 42.5 Å². The van der Waals surface area contributed by atoms with E-state index in [1.807, 2.05) is 42.5 Å². The van der Waals surface area contributed by atoms with Crippen molar-refractivity contribution < 1.29 is 14.7 Å². The predicted molar refractivity (Wildman–Crippen MR) is 81.3 cm³/mol. The van der Waals surface area contributed by atoms with E-state index in [1.165, 1.54) is 6.92 Å². The summed E-state index contributed by atoms with van der Waals surface area (Å²) in [4.78, 5) is 22.4. The van der Waals surface area contributed by atoms with E-state index in [4.69, 9.17) is 0 Å². The SMILES string of the molecule is CC(=O)Nc1ccc(C[C@H](C(=O)O)c2ccccc2)cc1. The smallest absolute Gasteiger partial charge is 0.311 e. The molecule has 0 aromatic heterocycles. The van der Waals surface area contributed by atoms with Crippen LogP contribution in [0, 0.1) is 0 Å². The fourth-order valence-corrected chi connectivity index (χ4v) is 2.20. The number of benzene rings is 2. The lowest BCUT2D eigenvalue weighted by Crippen LogP contribution is -2.14. The van der Waals surface area contributed by atoms with E-state index in [0.717, 1.165) is 11.1 Å². The first-order chi connectivity index (χ1) is 10.1. The Morgan fingerprint density at radius 3 is 2.19 bits per heavy atom. The first-order valence-electron chi connectivity index (χ1n) is 6.70. The van der Waals surface area contributed by atoms with Crippen LogP contribution in [0.1, 0.15) is 24.0 Å². The number of hydrogen-bond acceptors (Lipinski definition) is 2. The van der Waals surface area contributed by atoms with Crippen LogP contribution in [-0.4, -0.2) is 17.0 Å². The molecule has 0 aliphatic carbocycles. The minimum absolute atomic E-state index is 0.129. The number of carboxylic acid groups (broad SMARTS) is 1. The average Bonchev–Trinajstić information content (AvgIpc) is 2.46. The summed E-state index contributed by atoms with van der Waals surface area (Å²) in [5, 5.41) is 12.1. The molecule has 2 N–H and O–H groups in total. The van der Waals surface area contributed by atoms with Crippen molar-refractivity contribution in [2.45, 2.75) is 19.3 Å². The Kier molecular flexibility index (Phi) is 4.72. The topological polar surface area (TPSA) is 66.4 Å². The highest BCUT2D eigenvalue weighted by molar-refractivity contribution is 5.88. The standard InChI is InChI=1S/C17H17NO3/c1-12(19)18-15-9-7-13(8-10-15)11-16(17(20)21)14-5-3-2-4-6-14/h2-10,16H,11H2,1H3,(H,18,19)(H,20,21)/t16-/m0/s1. The summed E-state index contributed by atoms with van der Waals surface area (Å²) in [6.07, 6.45) is 0.416. The van der Waals surface area contributed by atoms with E-state index >= 15 is 0 Å². The van der Waals surface area contributed by atoms with Crippen molar-refractivity contribution in [3.05, 3.63) is 65.7 Å². The van der Waals surface area contributed by atoms with Crippen LogP contribution < -0.4 is 5.32 Å². The van der Waals surface area contributed by atoms with Gasteiger partial charge in [-0.05, 0) is 29.7 Å². The third kappa shape index (κ3) is 4.18. The number of carboxylic acids is 1. The molecule has 0 radical (unpaired) electrons. The van der Waals surface area contributed by atoms with E-state index in [2.05, 4.69) is 5.32 Å². The third-order valence-corrected chi connectivity index (χ3v) is 3.21. The van der Waals surface area contributed by atoms with Gasteiger partial charge >= 0.3 is 5.97 Å². The van der Waals surface area contributed by atoms with E-state index in [9.17, 15) is 14.7 Å². The lowest BCUT2D eigenvalue weighted by Gasteiger charge is -2.13. The molecule has 0 saturated heterocycles. The second-order valence-electron chi connectivity index (χ2n) is 4.88. The average molecular weight is 283 g/mol. The quantitative estimate of drug-likeness (QED) is 0.886. The molecular weight excluding hydrogens is 266 g/mol. The lowest BCUT2D eigenvalue weighted by atomic mass is 9.92. The molecule has 0 aliphatic rings. The molecule has 0 saturated carbocycles. The maximum absolute atomic E-state index is 11.5. The fourth-order valence-electron chi connectivity index (χ4n) is 2.20. The van der Waals surface area contributed by atoms with E-state index in [1.54, 1.807) is 12.1 Å². The zero-order valence-electron chi connectivity index (χ0n) is 11.7. The molecule has 2 rings (SSSR count). The highest BCUT2D eigenvalue weighted by Crippen LogP contribution is 2.22. The minimum atomic E-state index is -0.841. The van der Waals surface area contributed by atoms with Gasteiger partial charge in [0.2, 0.25) is 5.91 Å². The predicted octanol–water partition coefficient (Wildman–Crippen LogP) is 3.06. The number of anilines is 1. The number of amides is 1. The molecule has 2 aromatic carbocycles. The summed E-state index contributed by atoms with van der Waals surface area (Å²) in [6.45, 7) is 1.45. The largest absolute Gasteiger partial charge is 0.481 e. The Labute approximate surface area is 123 Å². The number of hydrogen-bond donors (Lipinski definition) is 2. The van der Waals surface area contributed by atoms with Gasteiger partial charge in [-0.15, -0.1) is 0 Å². The Hall–Kier alpha value is -2.62. The van der Waals surface area contributed by atoms with E-state index < -0.39 is 11.9 Å². The van der Waals surface area contributed by atoms with Gasteiger partial charge in [0, 0.05) is 12.6 Å². The van der Waals surface area contributed by atoms with E-state index in [0.29, 0.717) is 12.1 Å². The van der Waals surface area contributed by atoms with Crippen LogP contribution in [0.5, 0.6) is 0 Å². The van der Waals surface area contributed by atoms with E-state index in [-0.39, 0.29) is 5.91 Å². The van der Waals surface area contributed by atoms with Crippen LogP contribution in [0.3, 0.4) is 0 Å². The first kappa shape index (κ1) is 14.8. The van der Waals surface area contributed by atoms with Crippen molar-refractivity contribution in [1.82, 2.24) is 0 Å². The second kappa shape index (κ2) is 6.70.